The van der Waals surface area contributed by atoms with Gasteiger partial charge in [-0.15, -0.1) is 12.4 Å². The topological polar surface area (TPSA) is 64.3 Å². The predicted octanol–water partition coefficient (Wildman–Crippen LogP) is 2.67. The number of ether oxygens (including phenoxy) is 1. The van der Waals surface area contributed by atoms with Crippen LogP contribution < -0.4 is 11.1 Å². The second kappa shape index (κ2) is 9.41. The van der Waals surface area contributed by atoms with Crippen molar-refractivity contribution in [3.05, 3.63) is 34.3 Å². The number of halogens is 2. The van der Waals surface area contributed by atoms with E-state index in [1.165, 1.54) is 5.56 Å². The Hall–Kier alpha value is -0.620. The summed E-state index contributed by atoms with van der Waals surface area (Å²) in [6, 6.07) is 8.11. The van der Waals surface area contributed by atoms with Crippen molar-refractivity contribution in [2.75, 3.05) is 13.7 Å². The van der Waals surface area contributed by atoms with Crippen LogP contribution in [-0.4, -0.2) is 31.2 Å². The van der Waals surface area contributed by atoms with Crippen LogP contribution in [0, 0.1) is 0 Å². The largest absolute Gasteiger partial charge is 0.380 e. The number of nitrogens with two attached hydrogens (primary N) is 1. The van der Waals surface area contributed by atoms with Crippen LogP contribution in [0.1, 0.15) is 25.8 Å². The third-order valence-corrected chi connectivity index (χ3v) is 3.58. The second-order valence-electron chi connectivity index (χ2n) is 5.53. The normalized spacial score (nSPS) is 12.4. The fraction of sp³-hybridized carbons (Fsp3) is 0.533. The number of hydrogen-bond acceptors (Lipinski definition) is 3. The van der Waals surface area contributed by atoms with Crippen LogP contribution in [-0.2, 0) is 16.0 Å². The van der Waals surface area contributed by atoms with Crippen LogP contribution in [0.2, 0.25) is 0 Å². The monoisotopic (exact) mass is 378 g/mol. The van der Waals surface area contributed by atoms with Crippen LogP contribution in [0.15, 0.2) is 28.7 Å². The van der Waals surface area contributed by atoms with E-state index in [-0.39, 0.29) is 36.4 Å². The van der Waals surface area contributed by atoms with Gasteiger partial charge in [-0.2, -0.15) is 0 Å². The Kier molecular flexibility index (Phi) is 9.13. The molecule has 3 N–H and O–H groups in total. The number of carbonyl (C=O) groups is 1. The molecular formula is C15H24BrClN2O2. The van der Waals surface area contributed by atoms with Gasteiger partial charge in [-0.1, -0.05) is 28.1 Å². The molecule has 1 aromatic carbocycles. The average molecular weight is 380 g/mol. The van der Waals surface area contributed by atoms with E-state index in [2.05, 4.69) is 33.4 Å². The van der Waals surface area contributed by atoms with Gasteiger partial charge in [-0.25, -0.2) is 0 Å². The molecule has 0 bridgehead atoms. The zero-order valence-corrected chi connectivity index (χ0v) is 15.1. The third-order valence-electron chi connectivity index (χ3n) is 3.05. The number of nitrogens with one attached hydrogen (secondary N) is 1. The van der Waals surface area contributed by atoms with E-state index in [4.69, 9.17) is 10.5 Å². The molecule has 0 aliphatic rings. The Morgan fingerprint density at radius 3 is 2.43 bits per heavy atom. The molecule has 0 radical (unpaired) electrons. The molecule has 1 atom stereocenters. The lowest BCUT2D eigenvalue weighted by Gasteiger charge is -2.27. The van der Waals surface area contributed by atoms with Gasteiger partial charge in [0, 0.05) is 23.7 Å². The maximum absolute atomic E-state index is 12.0. The predicted molar refractivity (Wildman–Crippen MR) is 91.8 cm³/mol. The van der Waals surface area contributed by atoms with Crippen molar-refractivity contribution in [2.24, 2.45) is 5.73 Å². The summed E-state index contributed by atoms with van der Waals surface area (Å²) in [5.41, 5.74) is 6.40. The molecule has 0 saturated heterocycles. The summed E-state index contributed by atoms with van der Waals surface area (Å²) in [6.45, 7) is 4.37. The van der Waals surface area contributed by atoms with Gasteiger partial charge in [0.25, 0.3) is 0 Å². The van der Waals surface area contributed by atoms with E-state index in [1.54, 1.807) is 7.11 Å². The van der Waals surface area contributed by atoms with E-state index in [0.717, 1.165) is 10.9 Å². The van der Waals surface area contributed by atoms with Crippen molar-refractivity contribution in [3.63, 3.8) is 0 Å². The number of methoxy groups -OCH3 is 1. The summed E-state index contributed by atoms with van der Waals surface area (Å²) >= 11 is 3.41. The van der Waals surface area contributed by atoms with Gasteiger partial charge in [-0.05, 0) is 38.0 Å². The molecule has 0 heterocycles. The number of hydrogen-bond donors (Lipinski definition) is 2. The molecule has 0 saturated carbocycles. The molecular weight excluding hydrogens is 356 g/mol. The zero-order chi connectivity index (χ0) is 15.2. The first-order valence-electron chi connectivity index (χ1n) is 6.64. The van der Waals surface area contributed by atoms with Gasteiger partial charge < -0.3 is 15.8 Å². The van der Waals surface area contributed by atoms with Gasteiger partial charge in [0.2, 0.25) is 5.91 Å². The number of rotatable bonds is 7. The van der Waals surface area contributed by atoms with Crippen molar-refractivity contribution < 1.29 is 9.53 Å². The lowest BCUT2D eigenvalue weighted by Crippen LogP contribution is -2.46. The minimum absolute atomic E-state index is 0. The molecule has 0 aliphatic heterocycles. The third kappa shape index (κ3) is 7.81. The summed E-state index contributed by atoms with van der Waals surface area (Å²) in [4.78, 5) is 12.0. The minimum atomic E-state index is -0.308. The molecule has 0 aromatic heterocycles. The van der Waals surface area contributed by atoms with Crippen LogP contribution in [0.25, 0.3) is 0 Å². The number of benzene rings is 1. The smallest absolute Gasteiger partial charge is 0.223 e. The van der Waals surface area contributed by atoms with E-state index in [0.29, 0.717) is 6.54 Å². The van der Waals surface area contributed by atoms with Crippen LogP contribution >= 0.6 is 28.3 Å². The standard InChI is InChI=1S/C15H23BrN2O2.ClH/c1-15(2,9-11-4-6-12(16)7-5-11)18-14(19)8-13(10-17)20-3;/h4-7,13H,8-10,17H2,1-3H3,(H,18,19);1H. The molecule has 1 unspecified atom stereocenters. The highest BCUT2D eigenvalue weighted by Crippen LogP contribution is 2.16. The Bertz CT molecular complexity index is 434. The number of amides is 1. The first-order valence-corrected chi connectivity index (χ1v) is 7.44. The first kappa shape index (κ1) is 20.4. The molecule has 0 fully saturated rings. The minimum Gasteiger partial charge on any atom is -0.380 e. The van der Waals surface area contributed by atoms with Gasteiger partial charge in [0.1, 0.15) is 0 Å². The maximum atomic E-state index is 12.0. The van der Waals surface area contributed by atoms with Gasteiger partial charge in [-0.3, -0.25) is 4.79 Å². The van der Waals surface area contributed by atoms with E-state index in [1.807, 2.05) is 26.0 Å². The molecule has 4 nitrogen and oxygen atoms in total. The highest BCUT2D eigenvalue weighted by molar-refractivity contribution is 9.10. The first-order chi connectivity index (χ1) is 9.36. The lowest BCUT2D eigenvalue weighted by atomic mass is 9.94. The molecule has 6 heteroatoms. The van der Waals surface area contributed by atoms with E-state index < -0.39 is 0 Å². The average Bonchev–Trinajstić information content (AvgIpc) is 2.37. The zero-order valence-electron chi connectivity index (χ0n) is 12.7. The van der Waals surface area contributed by atoms with E-state index in [9.17, 15) is 4.79 Å². The van der Waals surface area contributed by atoms with Gasteiger partial charge in [0.05, 0.1) is 12.5 Å². The molecule has 0 spiro atoms. The SMILES string of the molecule is COC(CN)CC(=O)NC(C)(C)Cc1ccc(Br)cc1.Cl. The summed E-state index contributed by atoms with van der Waals surface area (Å²) in [7, 11) is 1.57. The van der Waals surface area contributed by atoms with Crippen molar-refractivity contribution in [2.45, 2.75) is 38.3 Å². The maximum Gasteiger partial charge on any atom is 0.223 e. The van der Waals surface area contributed by atoms with Crippen LogP contribution in [0.3, 0.4) is 0 Å². The van der Waals surface area contributed by atoms with E-state index >= 15 is 0 Å². The van der Waals surface area contributed by atoms with Crippen LogP contribution in [0.4, 0.5) is 0 Å². The Morgan fingerprint density at radius 2 is 1.95 bits per heavy atom. The highest BCUT2D eigenvalue weighted by atomic mass is 79.9. The molecule has 0 aliphatic carbocycles. The molecule has 1 amide bonds. The van der Waals surface area contributed by atoms with Crippen molar-refractivity contribution >= 4 is 34.2 Å². The molecule has 1 rings (SSSR count). The summed E-state index contributed by atoms with van der Waals surface area (Å²) in [5.74, 6) is -0.0376. The Labute approximate surface area is 141 Å². The highest BCUT2D eigenvalue weighted by Gasteiger charge is 2.22. The van der Waals surface area contributed by atoms with Gasteiger partial charge in [0.15, 0.2) is 0 Å². The van der Waals surface area contributed by atoms with Crippen molar-refractivity contribution in [3.8, 4) is 0 Å². The number of carbonyl (C=O) groups excluding carboxylic acids is 1. The summed E-state index contributed by atoms with van der Waals surface area (Å²) in [6.07, 6.45) is 0.835. The molecule has 21 heavy (non-hydrogen) atoms. The second-order valence-corrected chi connectivity index (χ2v) is 6.45. The van der Waals surface area contributed by atoms with Crippen molar-refractivity contribution in [1.82, 2.24) is 5.32 Å². The summed E-state index contributed by atoms with van der Waals surface area (Å²) < 4.78 is 6.18. The van der Waals surface area contributed by atoms with Crippen molar-refractivity contribution in [1.29, 1.82) is 0 Å². The fourth-order valence-corrected chi connectivity index (χ4v) is 2.32. The Balaban J connectivity index is 0.00000400. The Morgan fingerprint density at radius 1 is 1.38 bits per heavy atom. The fourth-order valence-electron chi connectivity index (χ4n) is 2.05. The molecule has 120 valence electrons. The molecule has 1 aromatic rings. The summed E-state index contributed by atoms with van der Waals surface area (Å²) in [5, 5.41) is 3.03. The quantitative estimate of drug-likeness (QED) is 0.765. The lowest BCUT2D eigenvalue weighted by molar-refractivity contribution is -0.124. The van der Waals surface area contributed by atoms with Gasteiger partial charge >= 0.3 is 0 Å². The van der Waals surface area contributed by atoms with Crippen LogP contribution in [0.5, 0.6) is 0 Å².